The van der Waals surface area contributed by atoms with E-state index in [1.165, 1.54) is 0 Å². The number of hydrogen-bond acceptors (Lipinski definition) is 2. The number of carbonyl (C=O) groups is 1. The first-order valence-corrected chi connectivity index (χ1v) is 8.70. The van der Waals surface area contributed by atoms with Gasteiger partial charge in [-0.05, 0) is 60.4 Å². The van der Waals surface area contributed by atoms with Gasteiger partial charge in [-0.25, -0.2) is 0 Å². The molecule has 0 aliphatic heterocycles. The van der Waals surface area contributed by atoms with Crippen molar-refractivity contribution in [2.45, 2.75) is 26.7 Å². The normalized spacial score (nSPS) is 10.4. The van der Waals surface area contributed by atoms with Crippen LogP contribution in [-0.4, -0.2) is 12.5 Å². The van der Waals surface area contributed by atoms with E-state index in [1.54, 1.807) is 24.3 Å². The van der Waals surface area contributed by atoms with Crippen molar-refractivity contribution in [1.29, 1.82) is 0 Å². The van der Waals surface area contributed by atoms with E-state index in [1.807, 2.05) is 12.1 Å². The Hall–Kier alpha value is -1.52. The van der Waals surface area contributed by atoms with E-state index in [-0.39, 0.29) is 12.5 Å². The van der Waals surface area contributed by atoms with Crippen LogP contribution in [0, 0.1) is 0 Å². The number of nitrogens with one attached hydrogen (secondary N) is 1. The average Bonchev–Trinajstić information content (AvgIpc) is 2.55. The Morgan fingerprint density at radius 2 is 1.70 bits per heavy atom. The van der Waals surface area contributed by atoms with Gasteiger partial charge in [0.15, 0.2) is 6.61 Å². The number of rotatable bonds is 6. The van der Waals surface area contributed by atoms with Crippen molar-refractivity contribution in [3.8, 4) is 5.75 Å². The molecular weight excluding hydrogens is 378 g/mol. The molecule has 0 fully saturated rings. The minimum absolute atomic E-state index is 0.0377. The summed E-state index contributed by atoms with van der Waals surface area (Å²) in [5, 5.41) is 3.61. The molecule has 0 spiro atoms. The molecule has 0 aromatic heterocycles. The van der Waals surface area contributed by atoms with Gasteiger partial charge < -0.3 is 10.1 Å². The van der Waals surface area contributed by atoms with Crippen molar-refractivity contribution in [3.63, 3.8) is 0 Å². The molecule has 0 saturated carbocycles. The van der Waals surface area contributed by atoms with Crippen LogP contribution in [0.2, 0.25) is 5.02 Å². The monoisotopic (exact) mass is 395 g/mol. The van der Waals surface area contributed by atoms with Crippen LogP contribution in [0.3, 0.4) is 0 Å². The maximum atomic E-state index is 12.2. The number of carbonyl (C=O) groups excluding carboxylic acids is 1. The van der Waals surface area contributed by atoms with Gasteiger partial charge in [-0.2, -0.15) is 0 Å². The molecule has 122 valence electrons. The smallest absolute Gasteiger partial charge is 0.262 e. The fourth-order valence-electron chi connectivity index (χ4n) is 2.30. The molecule has 2 aromatic rings. The maximum absolute atomic E-state index is 12.2. The van der Waals surface area contributed by atoms with Crippen LogP contribution in [-0.2, 0) is 17.6 Å². The number of hydrogen-bond donors (Lipinski definition) is 1. The van der Waals surface area contributed by atoms with Gasteiger partial charge >= 0.3 is 0 Å². The summed E-state index contributed by atoms with van der Waals surface area (Å²) in [6.45, 7) is 4.10. The van der Waals surface area contributed by atoms with Crippen molar-refractivity contribution < 1.29 is 9.53 Å². The van der Waals surface area contributed by atoms with E-state index in [0.717, 1.165) is 34.1 Å². The highest BCUT2D eigenvalue weighted by Gasteiger charge is 2.12. The second-order valence-electron chi connectivity index (χ2n) is 5.10. The fraction of sp³-hybridized carbons (Fsp3) is 0.278. The van der Waals surface area contributed by atoms with Crippen LogP contribution < -0.4 is 10.1 Å². The van der Waals surface area contributed by atoms with E-state index in [0.29, 0.717) is 10.8 Å². The Kier molecular flexibility index (Phi) is 6.48. The predicted octanol–water partition coefficient (Wildman–Crippen LogP) is 5.24. The summed E-state index contributed by atoms with van der Waals surface area (Å²) in [6.07, 6.45) is 1.69. The van der Waals surface area contributed by atoms with Crippen LogP contribution in [0.5, 0.6) is 5.75 Å². The Balaban J connectivity index is 2.06. The molecule has 5 heteroatoms. The summed E-state index contributed by atoms with van der Waals surface area (Å²) in [7, 11) is 0. The molecule has 0 radical (unpaired) electrons. The minimum Gasteiger partial charge on any atom is -0.484 e. The van der Waals surface area contributed by atoms with Crippen LogP contribution in [0.25, 0.3) is 0 Å². The molecule has 23 heavy (non-hydrogen) atoms. The molecular formula is C18H19BrClNO2. The van der Waals surface area contributed by atoms with E-state index in [9.17, 15) is 4.79 Å². The number of anilines is 1. The Labute approximate surface area is 150 Å². The summed E-state index contributed by atoms with van der Waals surface area (Å²) in [4.78, 5) is 12.2. The molecule has 0 bridgehead atoms. The topological polar surface area (TPSA) is 38.3 Å². The highest BCUT2D eigenvalue weighted by molar-refractivity contribution is 9.10. The molecule has 1 N–H and O–H groups in total. The van der Waals surface area contributed by atoms with Gasteiger partial charge in [-0.15, -0.1) is 0 Å². The van der Waals surface area contributed by atoms with Gasteiger partial charge in [-0.3, -0.25) is 4.79 Å². The molecule has 0 saturated heterocycles. The lowest BCUT2D eigenvalue weighted by Crippen LogP contribution is -2.21. The van der Waals surface area contributed by atoms with Crippen molar-refractivity contribution in [2.75, 3.05) is 11.9 Å². The van der Waals surface area contributed by atoms with Gasteiger partial charge in [0.1, 0.15) is 5.75 Å². The lowest BCUT2D eigenvalue weighted by molar-refractivity contribution is -0.118. The first-order chi connectivity index (χ1) is 11.0. The lowest BCUT2D eigenvalue weighted by Gasteiger charge is -2.15. The van der Waals surface area contributed by atoms with Gasteiger partial charge in [0.2, 0.25) is 0 Å². The van der Waals surface area contributed by atoms with Gasteiger partial charge in [0, 0.05) is 15.2 Å². The number of aryl methyl sites for hydroxylation is 2. The minimum atomic E-state index is -0.174. The lowest BCUT2D eigenvalue weighted by atomic mass is 10.0. The summed E-state index contributed by atoms with van der Waals surface area (Å²) in [5.74, 6) is 0.443. The summed E-state index contributed by atoms with van der Waals surface area (Å²) < 4.78 is 6.52. The summed E-state index contributed by atoms with van der Waals surface area (Å²) in [5.41, 5.74) is 3.11. The quantitative estimate of drug-likeness (QED) is 0.724. The zero-order valence-electron chi connectivity index (χ0n) is 13.2. The molecule has 2 rings (SSSR count). The molecule has 0 atom stereocenters. The highest BCUT2D eigenvalue weighted by Crippen LogP contribution is 2.27. The highest BCUT2D eigenvalue weighted by atomic mass is 79.9. The summed E-state index contributed by atoms with van der Waals surface area (Å²) in [6, 6.07) is 11.0. The standard InChI is InChI=1S/C18H19BrClNO2/c1-3-12-9-14(19)10-13(4-2)18(12)21-17(22)11-23-16-7-5-15(20)6-8-16/h5-10H,3-4,11H2,1-2H3,(H,21,22). The van der Waals surface area contributed by atoms with Gasteiger partial charge in [-0.1, -0.05) is 41.4 Å². The van der Waals surface area contributed by atoms with Crippen LogP contribution in [0.4, 0.5) is 5.69 Å². The van der Waals surface area contributed by atoms with Gasteiger partial charge in [0.25, 0.3) is 5.91 Å². The number of benzene rings is 2. The first kappa shape index (κ1) is 17.8. The number of ether oxygens (including phenoxy) is 1. The Bertz CT molecular complexity index is 661. The Morgan fingerprint density at radius 1 is 1.13 bits per heavy atom. The molecule has 1 amide bonds. The van der Waals surface area contributed by atoms with Gasteiger partial charge in [0.05, 0.1) is 0 Å². The molecule has 0 unspecified atom stereocenters. The third-order valence-corrected chi connectivity index (χ3v) is 4.19. The number of halogens is 2. The molecule has 0 aliphatic rings. The molecule has 3 nitrogen and oxygen atoms in total. The van der Waals surface area contributed by atoms with Crippen LogP contribution in [0.1, 0.15) is 25.0 Å². The third kappa shape index (κ3) is 4.98. The van der Waals surface area contributed by atoms with Crippen molar-refractivity contribution >= 4 is 39.1 Å². The second kappa shape index (κ2) is 8.37. The molecule has 0 aliphatic carbocycles. The van der Waals surface area contributed by atoms with E-state index < -0.39 is 0 Å². The SMILES string of the molecule is CCc1cc(Br)cc(CC)c1NC(=O)COc1ccc(Cl)cc1. The van der Waals surface area contributed by atoms with Crippen molar-refractivity contribution in [2.24, 2.45) is 0 Å². The van der Waals surface area contributed by atoms with Crippen LogP contribution in [0.15, 0.2) is 40.9 Å². The van der Waals surface area contributed by atoms with E-state index in [4.69, 9.17) is 16.3 Å². The second-order valence-corrected chi connectivity index (χ2v) is 6.45. The fourth-order valence-corrected chi connectivity index (χ4v) is 2.98. The predicted molar refractivity (Wildman–Crippen MR) is 98.5 cm³/mol. The zero-order chi connectivity index (χ0) is 16.8. The number of amides is 1. The maximum Gasteiger partial charge on any atom is 0.262 e. The van der Waals surface area contributed by atoms with Crippen molar-refractivity contribution in [1.82, 2.24) is 0 Å². The van der Waals surface area contributed by atoms with E-state index >= 15 is 0 Å². The molecule has 2 aromatic carbocycles. The molecule has 0 heterocycles. The zero-order valence-corrected chi connectivity index (χ0v) is 15.5. The summed E-state index contributed by atoms with van der Waals surface area (Å²) >= 11 is 9.34. The average molecular weight is 397 g/mol. The van der Waals surface area contributed by atoms with Crippen LogP contribution >= 0.6 is 27.5 Å². The van der Waals surface area contributed by atoms with E-state index in [2.05, 4.69) is 35.1 Å². The largest absolute Gasteiger partial charge is 0.484 e. The third-order valence-electron chi connectivity index (χ3n) is 3.48. The van der Waals surface area contributed by atoms with Crippen molar-refractivity contribution in [3.05, 3.63) is 57.0 Å². The first-order valence-electron chi connectivity index (χ1n) is 7.53. The Morgan fingerprint density at radius 3 is 2.22 bits per heavy atom.